The van der Waals surface area contributed by atoms with Crippen LogP contribution in [0.1, 0.15) is 12.8 Å². The van der Waals surface area contributed by atoms with E-state index in [-0.39, 0.29) is 12.5 Å². The van der Waals surface area contributed by atoms with E-state index in [2.05, 4.69) is 26.1 Å². The standard InChI is InChI=1S/C20H20BrN3O4/c1-13(27-16-9-7-15(21)8-10-16)20(25)24(2)12-18-22-19(23-28-18)14-5-4-6-17(11-14)26-3/h4-11,13H,12H2,1-3H3/t13-/m1/s1. The highest BCUT2D eigenvalue weighted by atomic mass is 79.9. The highest BCUT2D eigenvalue weighted by Gasteiger charge is 2.21. The monoisotopic (exact) mass is 445 g/mol. The van der Waals surface area contributed by atoms with E-state index in [1.165, 1.54) is 4.90 Å². The molecule has 3 rings (SSSR count). The Hall–Kier alpha value is -2.87. The molecule has 0 aliphatic rings. The number of benzene rings is 2. The summed E-state index contributed by atoms with van der Waals surface area (Å²) in [5.41, 5.74) is 0.773. The van der Waals surface area contributed by atoms with Crippen LogP contribution in [0.2, 0.25) is 0 Å². The molecular weight excluding hydrogens is 426 g/mol. The molecule has 0 bridgehead atoms. The van der Waals surface area contributed by atoms with E-state index in [1.807, 2.05) is 36.4 Å². The Morgan fingerprint density at radius 2 is 1.96 bits per heavy atom. The van der Waals surface area contributed by atoms with Gasteiger partial charge in [-0.25, -0.2) is 0 Å². The molecule has 0 saturated heterocycles. The predicted octanol–water partition coefficient (Wildman–Crippen LogP) is 3.93. The van der Waals surface area contributed by atoms with Gasteiger partial charge in [0.1, 0.15) is 11.5 Å². The molecule has 1 aromatic heterocycles. The van der Waals surface area contributed by atoms with E-state index in [0.717, 1.165) is 10.0 Å². The van der Waals surface area contributed by atoms with Crippen LogP contribution in [0.3, 0.4) is 0 Å². The summed E-state index contributed by atoms with van der Waals surface area (Å²) in [7, 11) is 3.26. The Morgan fingerprint density at radius 1 is 1.21 bits per heavy atom. The first-order valence-corrected chi connectivity index (χ1v) is 9.40. The van der Waals surface area contributed by atoms with Crippen LogP contribution in [0.5, 0.6) is 11.5 Å². The van der Waals surface area contributed by atoms with E-state index >= 15 is 0 Å². The Bertz CT molecular complexity index is 943. The number of carbonyl (C=O) groups excluding carboxylic acids is 1. The second kappa shape index (κ2) is 8.88. The molecule has 7 nitrogen and oxygen atoms in total. The summed E-state index contributed by atoms with van der Waals surface area (Å²) >= 11 is 3.37. The van der Waals surface area contributed by atoms with Crippen molar-refractivity contribution in [3.8, 4) is 22.9 Å². The molecule has 1 atom stereocenters. The minimum Gasteiger partial charge on any atom is -0.497 e. The number of rotatable bonds is 7. The molecule has 146 valence electrons. The molecule has 0 saturated carbocycles. The van der Waals surface area contributed by atoms with Crippen LogP contribution < -0.4 is 9.47 Å². The second-order valence-electron chi connectivity index (χ2n) is 6.15. The molecule has 2 aromatic carbocycles. The second-order valence-corrected chi connectivity index (χ2v) is 7.07. The lowest BCUT2D eigenvalue weighted by molar-refractivity contribution is -0.137. The van der Waals surface area contributed by atoms with Gasteiger partial charge in [0, 0.05) is 17.1 Å². The predicted molar refractivity (Wildman–Crippen MR) is 107 cm³/mol. The van der Waals surface area contributed by atoms with Gasteiger partial charge < -0.3 is 18.9 Å². The van der Waals surface area contributed by atoms with Crippen molar-refractivity contribution < 1.29 is 18.8 Å². The van der Waals surface area contributed by atoms with E-state index < -0.39 is 6.10 Å². The number of ether oxygens (including phenoxy) is 2. The highest BCUT2D eigenvalue weighted by Crippen LogP contribution is 2.22. The lowest BCUT2D eigenvalue weighted by atomic mass is 10.2. The lowest BCUT2D eigenvalue weighted by Crippen LogP contribution is -2.37. The molecule has 28 heavy (non-hydrogen) atoms. The summed E-state index contributed by atoms with van der Waals surface area (Å²) in [6, 6.07) is 14.7. The third-order valence-corrected chi connectivity index (χ3v) is 4.55. The van der Waals surface area contributed by atoms with Gasteiger partial charge in [-0.2, -0.15) is 4.98 Å². The van der Waals surface area contributed by atoms with Gasteiger partial charge in [0.25, 0.3) is 5.91 Å². The maximum Gasteiger partial charge on any atom is 0.263 e. The van der Waals surface area contributed by atoms with Gasteiger partial charge in [-0.15, -0.1) is 0 Å². The third-order valence-electron chi connectivity index (χ3n) is 4.02. The van der Waals surface area contributed by atoms with Crippen LogP contribution in [-0.4, -0.2) is 41.2 Å². The van der Waals surface area contributed by atoms with E-state index in [0.29, 0.717) is 23.2 Å². The average molecular weight is 446 g/mol. The fourth-order valence-electron chi connectivity index (χ4n) is 2.56. The van der Waals surface area contributed by atoms with Crippen LogP contribution in [-0.2, 0) is 11.3 Å². The van der Waals surface area contributed by atoms with Crippen LogP contribution in [0.25, 0.3) is 11.4 Å². The van der Waals surface area contributed by atoms with Gasteiger partial charge in [-0.3, -0.25) is 4.79 Å². The van der Waals surface area contributed by atoms with Gasteiger partial charge in [0.2, 0.25) is 11.7 Å². The van der Waals surface area contributed by atoms with Gasteiger partial charge in [0.05, 0.1) is 13.7 Å². The van der Waals surface area contributed by atoms with Crippen molar-refractivity contribution in [3.63, 3.8) is 0 Å². The van der Waals surface area contributed by atoms with Gasteiger partial charge in [-0.1, -0.05) is 33.2 Å². The minimum absolute atomic E-state index is 0.184. The molecule has 3 aromatic rings. The lowest BCUT2D eigenvalue weighted by Gasteiger charge is -2.20. The molecule has 0 aliphatic carbocycles. The van der Waals surface area contributed by atoms with Crippen molar-refractivity contribution in [2.24, 2.45) is 0 Å². The van der Waals surface area contributed by atoms with Gasteiger partial charge in [0.15, 0.2) is 6.10 Å². The number of carbonyl (C=O) groups is 1. The van der Waals surface area contributed by atoms with Crippen molar-refractivity contribution in [2.75, 3.05) is 14.2 Å². The first-order chi connectivity index (χ1) is 13.5. The maximum absolute atomic E-state index is 12.6. The number of halogens is 1. The molecular formula is C20H20BrN3O4. The van der Waals surface area contributed by atoms with E-state index in [1.54, 1.807) is 33.2 Å². The van der Waals surface area contributed by atoms with Crippen molar-refractivity contribution in [1.82, 2.24) is 15.0 Å². The van der Waals surface area contributed by atoms with Gasteiger partial charge >= 0.3 is 0 Å². The maximum atomic E-state index is 12.6. The third kappa shape index (κ3) is 4.89. The SMILES string of the molecule is COc1cccc(-c2noc(CN(C)C(=O)[C@@H](C)Oc3ccc(Br)cc3)n2)c1. The summed E-state index contributed by atoms with van der Waals surface area (Å²) in [5.74, 6) is 1.91. The fraction of sp³-hybridized carbons (Fsp3) is 0.250. The Labute approximate surface area is 171 Å². The number of hydrogen-bond acceptors (Lipinski definition) is 6. The molecule has 0 N–H and O–H groups in total. The summed E-state index contributed by atoms with van der Waals surface area (Å²) in [6.45, 7) is 1.89. The molecule has 0 fully saturated rings. The number of hydrogen-bond donors (Lipinski definition) is 0. The number of aromatic nitrogens is 2. The number of nitrogens with zero attached hydrogens (tertiary/aromatic N) is 3. The van der Waals surface area contributed by atoms with Crippen molar-refractivity contribution in [3.05, 3.63) is 58.9 Å². The Balaban J connectivity index is 1.62. The molecule has 1 heterocycles. The van der Waals surface area contributed by atoms with Gasteiger partial charge in [-0.05, 0) is 43.3 Å². The molecule has 0 radical (unpaired) electrons. The number of methoxy groups -OCH3 is 1. The van der Waals surface area contributed by atoms with Crippen LogP contribution in [0, 0.1) is 0 Å². The summed E-state index contributed by atoms with van der Waals surface area (Å²) in [4.78, 5) is 18.4. The Morgan fingerprint density at radius 3 is 2.68 bits per heavy atom. The minimum atomic E-state index is -0.646. The van der Waals surface area contributed by atoms with Crippen molar-refractivity contribution in [2.45, 2.75) is 19.6 Å². The van der Waals surface area contributed by atoms with Crippen LogP contribution in [0.15, 0.2) is 57.5 Å². The molecule has 1 amide bonds. The number of amides is 1. The average Bonchev–Trinajstić information content (AvgIpc) is 3.17. The fourth-order valence-corrected chi connectivity index (χ4v) is 2.82. The van der Waals surface area contributed by atoms with Crippen molar-refractivity contribution in [1.29, 1.82) is 0 Å². The zero-order chi connectivity index (χ0) is 20.1. The topological polar surface area (TPSA) is 77.7 Å². The molecule has 8 heteroatoms. The summed E-state index contributed by atoms with van der Waals surface area (Å²) in [6.07, 6.45) is -0.646. The number of likely N-dealkylation sites (N-methyl/N-ethyl adjacent to an activating group) is 1. The molecule has 0 unspecified atom stereocenters. The first-order valence-electron chi connectivity index (χ1n) is 8.60. The Kier molecular flexibility index (Phi) is 6.30. The summed E-state index contributed by atoms with van der Waals surface area (Å²) < 4.78 is 17.1. The quantitative estimate of drug-likeness (QED) is 0.548. The zero-order valence-electron chi connectivity index (χ0n) is 15.8. The molecule has 0 aliphatic heterocycles. The normalized spacial score (nSPS) is 11.7. The first kappa shape index (κ1) is 19.9. The van der Waals surface area contributed by atoms with Crippen LogP contribution in [0.4, 0.5) is 0 Å². The largest absolute Gasteiger partial charge is 0.497 e. The van der Waals surface area contributed by atoms with E-state index in [4.69, 9.17) is 14.0 Å². The zero-order valence-corrected chi connectivity index (χ0v) is 17.3. The summed E-state index contributed by atoms with van der Waals surface area (Å²) in [5, 5.41) is 3.98. The molecule has 0 spiro atoms. The smallest absolute Gasteiger partial charge is 0.263 e. The van der Waals surface area contributed by atoms with Crippen molar-refractivity contribution >= 4 is 21.8 Å². The van der Waals surface area contributed by atoms with E-state index in [9.17, 15) is 4.79 Å². The van der Waals surface area contributed by atoms with Crippen LogP contribution >= 0.6 is 15.9 Å². The highest BCUT2D eigenvalue weighted by molar-refractivity contribution is 9.10.